The van der Waals surface area contributed by atoms with Crippen molar-refractivity contribution in [2.24, 2.45) is 0 Å². The minimum Gasteiger partial charge on any atom is -0.726 e. The number of pyridine rings is 1. The van der Waals surface area contributed by atoms with Gasteiger partial charge < -0.3 is 9.12 Å². The van der Waals surface area contributed by atoms with Gasteiger partial charge in [-0.05, 0) is 30.7 Å². The second-order valence-electron chi connectivity index (χ2n) is 6.19. The number of aryl methyl sites for hydroxylation is 1. The number of fused-ring (bicyclic) bond motifs is 3. The maximum Gasteiger partial charge on any atom is 1.00 e. The van der Waals surface area contributed by atoms with E-state index in [-0.39, 0.29) is 29.6 Å². The molecule has 0 saturated carbocycles. The van der Waals surface area contributed by atoms with Gasteiger partial charge in [0, 0.05) is 17.0 Å². The molecule has 148 valence electrons. The number of carbonyl (C=O) groups is 1. The molecule has 0 aliphatic rings. The molecule has 0 unspecified atom stereocenters. The van der Waals surface area contributed by atoms with E-state index < -0.39 is 10.4 Å². The fourth-order valence-corrected chi connectivity index (χ4v) is 3.17. The van der Waals surface area contributed by atoms with E-state index in [1.807, 2.05) is 43.3 Å². The van der Waals surface area contributed by atoms with Crippen LogP contribution in [0.2, 0.25) is 0 Å². The first kappa shape index (κ1) is 23.9. The Kier molecular flexibility index (Phi) is 8.08. The van der Waals surface area contributed by atoms with Gasteiger partial charge in [-0.15, -0.1) is 0 Å². The van der Waals surface area contributed by atoms with E-state index in [9.17, 15) is 4.79 Å². The summed E-state index contributed by atoms with van der Waals surface area (Å²) in [4.78, 5) is 15.6. The molecule has 0 atom stereocenters. The minimum atomic E-state index is -4.92. The molecule has 30 heavy (non-hydrogen) atoms. The standard InChI is InChI=1S/C21H16N2O.Na.H2O4S/c1-15-21-19(13-17(14-24)22-15)18-9-5-6-10-20(18)23(21)12-11-16-7-3-2-4-8-16;;1-5(2,3)4/h2-14H,1H3;;(H2,1,2,3,4)/q;+1;/p-1/b12-11+;;. The fraction of sp³-hybridized carbons (Fsp3) is 0.0476. The van der Waals surface area contributed by atoms with Gasteiger partial charge in [-0.1, -0.05) is 48.5 Å². The van der Waals surface area contributed by atoms with Crippen molar-refractivity contribution in [2.45, 2.75) is 6.92 Å². The summed E-state index contributed by atoms with van der Waals surface area (Å²) in [6, 6.07) is 20.3. The Hall–Kier alpha value is -2.33. The van der Waals surface area contributed by atoms with Crippen molar-refractivity contribution in [3.63, 3.8) is 0 Å². The van der Waals surface area contributed by atoms with Crippen molar-refractivity contribution < 1.29 is 51.9 Å². The Bertz CT molecular complexity index is 1310. The molecule has 2 heterocycles. The molecule has 0 aliphatic heterocycles. The number of nitrogens with zero attached hydrogens (tertiary/aromatic N) is 2. The van der Waals surface area contributed by atoms with Gasteiger partial charge in [-0.25, -0.2) is 13.4 Å². The summed E-state index contributed by atoms with van der Waals surface area (Å²) in [5, 5.41) is 2.18. The molecule has 7 nitrogen and oxygen atoms in total. The molecule has 0 saturated heterocycles. The molecule has 0 amide bonds. The number of benzene rings is 2. The second-order valence-corrected chi connectivity index (χ2v) is 7.04. The third-order valence-corrected chi connectivity index (χ3v) is 4.22. The van der Waals surface area contributed by atoms with Crippen molar-refractivity contribution in [1.29, 1.82) is 0 Å². The monoisotopic (exact) mass is 432 g/mol. The van der Waals surface area contributed by atoms with Gasteiger partial charge in [0.1, 0.15) is 5.69 Å². The largest absolute Gasteiger partial charge is 1.00 e. The van der Waals surface area contributed by atoms with Crippen LogP contribution < -0.4 is 29.6 Å². The number of para-hydroxylation sites is 1. The third kappa shape index (κ3) is 5.85. The molecule has 1 N–H and O–H groups in total. The Labute approximate surface area is 195 Å². The van der Waals surface area contributed by atoms with Gasteiger partial charge >= 0.3 is 29.6 Å². The van der Waals surface area contributed by atoms with Gasteiger partial charge in [-0.3, -0.25) is 9.35 Å². The summed E-state index contributed by atoms with van der Waals surface area (Å²) < 4.78 is 35.0. The molecule has 0 bridgehead atoms. The van der Waals surface area contributed by atoms with Crippen LogP contribution in [0, 0.1) is 6.92 Å². The van der Waals surface area contributed by atoms with Gasteiger partial charge in [0.05, 0.1) is 16.7 Å². The first-order valence-electron chi connectivity index (χ1n) is 8.55. The van der Waals surface area contributed by atoms with E-state index in [0.717, 1.165) is 39.3 Å². The average molecular weight is 432 g/mol. The second kappa shape index (κ2) is 10.1. The van der Waals surface area contributed by atoms with Crippen LogP contribution in [-0.4, -0.2) is 33.4 Å². The number of aldehydes is 1. The SMILES string of the molecule is Cc1nc(C=O)cc2c3ccccc3n(/C=C/c3ccccc3)c12.O=S(=O)([O-])O.[Na+]. The van der Waals surface area contributed by atoms with Crippen molar-refractivity contribution in [3.05, 3.63) is 77.6 Å². The van der Waals surface area contributed by atoms with Gasteiger partial charge in [0.2, 0.25) is 10.4 Å². The topological polar surface area (TPSA) is 112 Å². The maximum absolute atomic E-state index is 11.2. The molecule has 4 rings (SSSR count). The van der Waals surface area contributed by atoms with Crippen LogP contribution in [0.1, 0.15) is 21.7 Å². The van der Waals surface area contributed by atoms with Crippen LogP contribution in [0.5, 0.6) is 0 Å². The summed E-state index contributed by atoms with van der Waals surface area (Å²) in [7, 11) is -4.92. The van der Waals surface area contributed by atoms with Crippen LogP contribution >= 0.6 is 0 Å². The van der Waals surface area contributed by atoms with Crippen LogP contribution in [0.15, 0.2) is 60.7 Å². The summed E-state index contributed by atoms with van der Waals surface area (Å²) in [5.41, 5.74) is 4.60. The van der Waals surface area contributed by atoms with Crippen LogP contribution in [0.3, 0.4) is 0 Å². The third-order valence-electron chi connectivity index (χ3n) is 4.22. The zero-order valence-corrected chi connectivity index (χ0v) is 19.2. The average Bonchev–Trinajstić information content (AvgIpc) is 3.00. The summed E-state index contributed by atoms with van der Waals surface area (Å²) >= 11 is 0. The summed E-state index contributed by atoms with van der Waals surface area (Å²) in [6.07, 6.45) is 4.95. The number of aromatic nitrogens is 2. The van der Waals surface area contributed by atoms with Crippen molar-refractivity contribution in [2.75, 3.05) is 0 Å². The Morgan fingerprint density at radius 2 is 1.63 bits per heavy atom. The van der Waals surface area contributed by atoms with Crippen molar-refractivity contribution >= 4 is 50.8 Å². The van der Waals surface area contributed by atoms with Crippen LogP contribution in [-0.2, 0) is 10.4 Å². The summed E-state index contributed by atoms with van der Waals surface area (Å²) in [5.74, 6) is 0. The fourth-order valence-electron chi connectivity index (χ4n) is 3.17. The predicted molar refractivity (Wildman–Crippen MR) is 111 cm³/mol. The smallest absolute Gasteiger partial charge is 0.726 e. The molecular formula is C21H17N2NaO5S. The number of rotatable bonds is 3. The van der Waals surface area contributed by atoms with E-state index in [2.05, 4.69) is 46.1 Å². The first-order chi connectivity index (χ1) is 13.8. The zero-order chi connectivity index (χ0) is 21.0. The minimum absolute atomic E-state index is 0. The Balaban J connectivity index is 0.000000482. The molecular weight excluding hydrogens is 415 g/mol. The van der Waals surface area contributed by atoms with Gasteiger partial charge in [0.25, 0.3) is 0 Å². The van der Waals surface area contributed by atoms with Gasteiger partial charge in [-0.2, -0.15) is 0 Å². The molecule has 2 aromatic heterocycles. The number of hydrogen-bond acceptors (Lipinski definition) is 5. The molecule has 0 aliphatic carbocycles. The summed E-state index contributed by atoms with van der Waals surface area (Å²) in [6.45, 7) is 1.95. The zero-order valence-electron chi connectivity index (χ0n) is 16.4. The van der Waals surface area contributed by atoms with Crippen LogP contribution in [0.25, 0.3) is 34.1 Å². The van der Waals surface area contributed by atoms with Crippen LogP contribution in [0.4, 0.5) is 0 Å². The van der Waals surface area contributed by atoms with E-state index in [4.69, 9.17) is 17.5 Å². The van der Waals surface area contributed by atoms with E-state index in [1.54, 1.807) is 0 Å². The predicted octanol–water partition coefficient (Wildman–Crippen LogP) is 0.947. The molecule has 9 heteroatoms. The Morgan fingerprint density at radius 3 is 2.27 bits per heavy atom. The molecule has 0 spiro atoms. The Morgan fingerprint density at radius 1 is 1.03 bits per heavy atom. The molecule has 2 aromatic carbocycles. The quantitative estimate of drug-likeness (QED) is 0.223. The van der Waals surface area contributed by atoms with Crippen molar-refractivity contribution in [3.8, 4) is 0 Å². The number of carbonyl (C=O) groups excluding carboxylic acids is 1. The van der Waals surface area contributed by atoms with Crippen molar-refractivity contribution in [1.82, 2.24) is 9.55 Å². The first-order valence-corrected chi connectivity index (χ1v) is 9.91. The molecule has 4 aromatic rings. The molecule has 0 radical (unpaired) electrons. The van der Waals surface area contributed by atoms with E-state index in [0.29, 0.717) is 5.69 Å². The number of hydrogen-bond donors (Lipinski definition) is 1. The normalized spacial score (nSPS) is 11.2. The van der Waals surface area contributed by atoms with Gasteiger partial charge in [0.15, 0.2) is 6.29 Å². The van der Waals surface area contributed by atoms with E-state index in [1.165, 1.54) is 0 Å². The van der Waals surface area contributed by atoms with E-state index >= 15 is 0 Å². The molecule has 0 fully saturated rings. The maximum atomic E-state index is 11.2.